The largest absolute Gasteiger partial charge is 0.497 e. The molecule has 0 radical (unpaired) electrons. The van der Waals surface area contributed by atoms with Gasteiger partial charge in [0.05, 0.1) is 18.4 Å². The highest BCUT2D eigenvalue weighted by molar-refractivity contribution is 6.04. The van der Waals surface area contributed by atoms with Crippen molar-refractivity contribution < 1.29 is 14.1 Å². The fourth-order valence-electron chi connectivity index (χ4n) is 2.42. The average molecular weight is 352 g/mol. The second-order valence-corrected chi connectivity index (χ2v) is 5.76. The van der Waals surface area contributed by atoms with Crippen molar-refractivity contribution in [3.8, 4) is 5.75 Å². The Hall–Kier alpha value is -3.35. The Balaban J connectivity index is 1.55. The number of pyridine rings is 1. The first-order chi connectivity index (χ1) is 12.6. The number of hydrogen-bond acceptors (Lipinski definition) is 6. The number of methoxy groups -OCH3 is 1. The molecule has 0 aliphatic rings. The number of ether oxygens (including phenoxy) is 1. The fourth-order valence-corrected chi connectivity index (χ4v) is 2.42. The Labute approximate surface area is 151 Å². The molecule has 0 aliphatic carbocycles. The van der Waals surface area contributed by atoms with E-state index in [0.717, 1.165) is 24.4 Å². The third kappa shape index (κ3) is 4.60. The van der Waals surface area contributed by atoms with Crippen LogP contribution < -0.4 is 15.4 Å². The van der Waals surface area contributed by atoms with Gasteiger partial charge in [-0.1, -0.05) is 17.3 Å². The topological polar surface area (TPSA) is 89.3 Å². The first kappa shape index (κ1) is 17.5. The predicted molar refractivity (Wildman–Crippen MR) is 98.6 cm³/mol. The monoisotopic (exact) mass is 352 g/mol. The number of aromatic nitrogens is 2. The summed E-state index contributed by atoms with van der Waals surface area (Å²) in [7, 11) is 1.65. The molecule has 0 saturated heterocycles. The van der Waals surface area contributed by atoms with Crippen molar-refractivity contribution in [1.82, 2.24) is 10.1 Å². The molecule has 3 aromatic rings. The van der Waals surface area contributed by atoms with Gasteiger partial charge in [-0.3, -0.25) is 9.78 Å². The van der Waals surface area contributed by atoms with Crippen LogP contribution in [0.3, 0.4) is 0 Å². The van der Waals surface area contributed by atoms with Crippen LogP contribution in [0.15, 0.2) is 53.3 Å². The quantitative estimate of drug-likeness (QED) is 0.678. The van der Waals surface area contributed by atoms with Crippen molar-refractivity contribution in [2.24, 2.45) is 0 Å². The van der Waals surface area contributed by atoms with Crippen LogP contribution in [0, 0.1) is 6.92 Å². The van der Waals surface area contributed by atoms with E-state index < -0.39 is 0 Å². The number of benzene rings is 1. The first-order valence-electron chi connectivity index (χ1n) is 8.20. The zero-order chi connectivity index (χ0) is 18.4. The molecule has 7 nitrogen and oxygen atoms in total. The van der Waals surface area contributed by atoms with E-state index in [-0.39, 0.29) is 5.91 Å². The van der Waals surface area contributed by atoms with Crippen LogP contribution >= 0.6 is 0 Å². The van der Waals surface area contributed by atoms with Gasteiger partial charge < -0.3 is 19.9 Å². The van der Waals surface area contributed by atoms with Crippen LogP contribution in [0.1, 0.15) is 21.7 Å². The van der Waals surface area contributed by atoms with Gasteiger partial charge in [-0.2, -0.15) is 0 Å². The van der Waals surface area contributed by atoms with Crippen molar-refractivity contribution in [3.05, 3.63) is 65.7 Å². The summed E-state index contributed by atoms with van der Waals surface area (Å²) in [6.45, 7) is 2.49. The molecule has 2 N–H and O–H groups in total. The summed E-state index contributed by atoms with van der Waals surface area (Å²) in [4.78, 5) is 16.4. The van der Waals surface area contributed by atoms with Crippen LogP contribution in [0.25, 0.3) is 0 Å². The molecule has 0 fully saturated rings. The molecule has 3 rings (SSSR count). The molecule has 0 spiro atoms. The van der Waals surface area contributed by atoms with Crippen molar-refractivity contribution in [1.29, 1.82) is 0 Å². The fraction of sp³-hybridized carbons (Fsp3) is 0.211. The lowest BCUT2D eigenvalue weighted by atomic mass is 10.1. The van der Waals surface area contributed by atoms with Crippen LogP contribution in [0.4, 0.5) is 11.5 Å². The van der Waals surface area contributed by atoms with Gasteiger partial charge >= 0.3 is 0 Å². The van der Waals surface area contributed by atoms with E-state index in [0.29, 0.717) is 17.1 Å². The zero-order valence-electron chi connectivity index (χ0n) is 14.7. The van der Waals surface area contributed by atoms with Crippen molar-refractivity contribution in [3.63, 3.8) is 0 Å². The van der Waals surface area contributed by atoms with Gasteiger partial charge in [0, 0.05) is 25.0 Å². The van der Waals surface area contributed by atoms with Gasteiger partial charge in [-0.15, -0.1) is 0 Å². The molecule has 0 unspecified atom stereocenters. The second kappa shape index (κ2) is 8.15. The third-order valence-electron chi connectivity index (χ3n) is 3.77. The third-order valence-corrected chi connectivity index (χ3v) is 3.77. The maximum absolute atomic E-state index is 12.3. The van der Waals surface area contributed by atoms with E-state index >= 15 is 0 Å². The number of aryl methyl sites for hydroxylation is 1. The summed E-state index contributed by atoms with van der Waals surface area (Å²) in [5.41, 5.74) is 2.42. The standard InChI is InChI=1S/C19H20N4O3/c1-13-9-18(23-26-13)22-19(24)15-10-16(12-20-11-15)21-8-7-14-3-5-17(25-2)6-4-14/h3-6,9-12,21H,7-8H2,1-2H3,(H,22,23,24). The van der Waals surface area contributed by atoms with Crippen LogP contribution in [0.2, 0.25) is 0 Å². The van der Waals surface area contributed by atoms with Gasteiger partial charge in [0.25, 0.3) is 5.91 Å². The van der Waals surface area contributed by atoms with E-state index in [9.17, 15) is 4.79 Å². The van der Waals surface area contributed by atoms with Crippen LogP contribution in [-0.2, 0) is 6.42 Å². The lowest BCUT2D eigenvalue weighted by Crippen LogP contribution is -2.13. The van der Waals surface area contributed by atoms with Crippen molar-refractivity contribution in [2.45, 2.75) is 13.3 Å². The predicted octanol–water partition coefficient (Wildman–Crippen LogP) is 3.29. The van der Waals surface area contributed by atoms with E-state index in [2.05, 4.69) is 20.8 Å². The number of carbonyl (C=O) groups excluding carboxylic acids is 1. The number of carbonyl (C=O) groups is 1. The Morgan fingerprint density at radius 2 is 2.00 bits per heavy atom. The molecule has 26 heavy (non-hydrogen) atoms. The molecule has 0 atom stereocenters. The highest BCUT2D eigenvalue weighted by atomic mass is 16.5. The van der Waals surface area contributed by atoms with Crippen molar-refractivity contribution in [2.75, 3.05) is 24.3 Å². The van der Waals surface area contributed by atoms with Gasteiger partial charge in [-0.25, -0.2) is 0 Å². The Morgan fingerprint density at radius 1 is 1.19 bits per heavy atom. The summed E-state index contributed by atoms with van der Waals surface area (Å²) >= 11 is 0. The molecule has 1 amide bonds. The molecule has 134 valence electrons. The lowest BCUT2D eigenvalue weighted by molar-refractivity contribution is 0.102. The van der Waals surface area contributed by atoms with Gasteiger partial charge in [0.2, 0.25) is 0 Å². The summed E-state index contributed by atoms with van der Waals surface area (Å²) in [5.74, 6) is 1.56. The minimum Gasteiger partial charge on any atom is -0.497 e. The Bertz CT molecular complexity index is 875. The van der Waals surface area contributed by atoms with E-state index in [1.54, 1.807) is 32.4 Å². The van der Waals surface area contributed by atoms with E-state index in [4.69, 9.17) is 9.26 Å². The Morgan fingerprint density at radius 3 is 2.69 bits per heavy atom. The lowest BCUT2D eigenvalue weighted by Gasteiger charge is -2.08. The highest BCUT2D eigenvalue weighted by Gasteiger charge is 2.10. The minimum atomic E-state index is -0.287. The molecule has 0 bridgehead atoms. The highest BCUT2D eigenvalue weighted by Crippen LogP contribution is 2.14. The van der Waals surface area contributed by atoms with Crippen molar-refractivity contribution >= 4 is 17.4 Å². The number of nitrogens with zero attached hydrogens (tertiary/aromatic N) is 2. The maximum Gasteiger partial charge on any atom is 0.258 e. The molecule has 2 heterocycles. The number of amides is 1. The molecule has 0 saturated carbocycles. The molecule has 1 aromatic carbocycles. The SMILES string of the molecule is COc1ccc(CCNc2cncc(C(=O)Nc3cc(C)on3)c2)cc1. The first-order valence-corrected chi connectivity index (χ1v) is 8.20. The minimum absolute atomic E-state index is 0.287. The zero-order valence-corrected chi connectivity index (χ0v) is 14.7. The summed E-state index contributed by atoms with van der Waals surface area (Å²) < 4.78 is 10.1. The molecular formula is C19H20N4O3. The second-order valence-electron chi connectivity index (χ2n) is 5.76. The number of hydrogen-bond donors (Lipinski definition) is 2. The van der Waals surface area contributed by atoms with E-state index in [1.165, 1.54) is 11.8 Å². The molecule has 0 aliphatic heterocycles. The summed E-state index contributed by atoms with van der Waals surface area (Å²) in [6.07, 6.45) is 4.04. The molecule has 2 aromatic heterocycles. The number of anilines is 2. The molecule has 7 heteroatoms. The summed E-state index contributed by atoms with van der Waals surface area (Å²) in [6, 6.07) is 11.3. The van der Waals surface area contributed by atoms with Crippen LogP contribution in [-0.4, -0.2) is 29.7 Å². The maximum atomic E-state index is 12.3. The number of rotatable bonds is 7. The summed E-state index contributed by atoms with van der Waals surface area (Å²) in [5, 5.41) is 9.70. The average Bonchev–Trinajstić information content (AvgIpc) is 3.07. The Kier molecular flexibility index (Phi) is 5.48. The molecular weight excluding hydrogens is 332 g/mol. The van der Waals surface area contributed by atoms with Crippen LogP contribution in [0.5, 0.6) is 5.75 Å². The van der Waals surface area contributed by atoms with Gasteiger partial charge in [-0.05, 0) is 37.1 Å². The van der Waals surface area contributed by atoms with Gasteiger partial charge in [0.1, 0.15) is 11.5 Å². The number of nitrogens with one attached hydrogen (secondary N) is 2. The van der Waals surface area contributed by atoms with E-state index in [1.807, 2.05) is 24.3 Å². The smallest absolute Gasteiger partial charge is 0.258 e. The van der Waals surface area contributed by atoms with Gasteiger partial charge in [0.15, 0.2) is 5.82 Å². The normalized spacial score (nSPS) is 10.4.